The molecule has 0 aromatic carbocycles. The quantitative estimate of drug-likeness (QED) is 0.911. The molecule has 2 fully saturated rings. The Morgan fingerprint density at radius 2 is 2.20 bits per heavy atom. The third-order valence-corrected chi connectivity index (χ3v) is 3.84. The van der Waals surface area contributed by atoms with Crippen molar-refractivity contribution >= 4 is 6.09 Å². The van der Waals surface area contributed by atoms with Gasteiger partial charge in [0.2, 0.25) is 0 Å². The molecule has 0 spiro atoms. The molecule has 0 bridgehead atoms. The topological polar surface area (TPSA) is 67.6 Å². The van der Waals surface area contributed by atoms with Crippen molar-refractivity contribution in [2.45, 2.75) is 39.0 Å². The third kappa shape index (κ3) is 2.80. The highest BCUT2D eigenvalue weighted by Gasteiger charge is 2.56. The van der Waals surface area contributed by atoms with Crippen LogP contribution in [-0.4, -0.2) is 40.7 Å². The Kier molecular flexibility index (Phi) is 3.20. The van der Waals surface area contributed by atoms with Crippen LogP contribution in [0.25, 0.3) is 0 Å². The van der Waals surface area contributed by atoms with Gasteiger partial charge in [0.25, 0.3) is 0 Å². The monoisotopic (exact) mass is 279 g/mol. The van der Waals surface area contributed by atoms with Crippen LogP contribution in [0.1, 0.15) is 26.5 Å². The van der Waals surface area contributed by atoms with E-state index in [0.717, 1.165) is 18.8 Å². The van der Waals surface area contributed by atoms with Gasteiger partial charge in [0.1, 0.15) is 11.4 Å². The highest BCUT2D eigenvalue weighted by atomic mass is 16.6. The highest BCUT2D eigenvalue weighted by molar-refractivity contribution is 5.69. The van der Waals surface area contributed by atoms with Crippen molar-refractivity contribution in [3.63, 3.8) is 0 Å². The molecule has 1 aliphatic heterocycles. The van der Waals surface area contributed by atoms with E-state index in [9.17, 15) is 4.79 Å². The van der Waals surface area contributed by atoms with Crippen LogP contribution >= 0.6 is 0 Å². The number of nitrogens with zero attached hydrogens (tertiary/aromatic N) is 2. The van der Waals surface area contributed by atoms with E-state index in [4.69, 9.17) is 9.15 Å². The van der Waals surface area contributed by atoms with E-state index in [-0.39, 0.29) is 6.09 Å². The fourth-order valence-corrected chi connectivity index (χ4v) is 2.85. The van der Waals surface area contributed by atoms with Crippen LogP contribution in [0.15, 0.2) is 17.0 Å². The molecular weight excluding hydrogens is 258 g/mol. The predicted octanol–water partition coefficient (Wildman–Crippen LogP) is 1.63. The largest absolute Gasteiger partial charge is 0.447 e. The molecule has 2 heterocycles. The lowest BCUT2D eigenvalue weighted by Crippen LogP contribution is -2.39. The first-order chi connectivity index (χ1) is 9.44. The summed E-state index contributed by atoms with van der Waals surface area (Å²) < 4.78 is 10.6. The number of carbonyl (C=O) groups is 1. The summed E-state index contributed by atoms with van der Waals surface area (Å²) in [5.41, 5.74) is -0.423. The molecule has 1 saturated heterocycles. The zero-order valence-electron chi connectivity index (χ0n) is 12.1. The number of piperidine rings is 1. The van der Waals surface area contributed by atoms with Crippen LogP contribution in [0.4, 0.5) is 4.79 Å². The van der Waals surface area contributed by atoms with Crippen molar-refractivity contribution in [1.29, 1.82) is 0 Å². The predicted molar refractivity (Wildman–Crippen MR) is 71.9 cm³/mol. The molecule has 2 atom stereocenters. The summed E-state index contributed by atoms with van der Waals surface area (Å²) >= 11 is 0. The van der Waals surface area contributed by atoms with Crippen LogP contribution in [0.2, 0.25) is 0 Å². The lowest BCUT2D eigenvalue weighted by molar-refractivity contribution is 0.0269. The summed E-state index contributed by atoms with van der Waals surface area (Å²) in [6, 6.07) is 0.485. The number of fused-ring (bicyclic) bond motifs is 1. The summed E-state index contributed by atoms with van der Waals surface area (Å²) in [4.78, 5) is 17.6. The van der Waals surface area contributed by atoms with Crippen LogP contribution in [0, 0.1) is 11.8 Å². The van der Waals surface area contributed by atoms with Crippen LogP contribution in [0.3, 0.4) is 0 Å². The fourth-order valence-electron chi connectivity index (χ4n) is 2.85. The number of nitrogens with one attached hydrogen (secondary N) is 1. The second-order valence-corrected chi connectivity index (χ2v) is 6.59. The summed E-state index contributed by atoms with van der Waals surface area (Å²) in [7, 11) is 0. The summed E-state index contributed by atoms with van der Waals surface area (Å²) in [6.07, 6.45) is 2.96. The molecule has 1 N–H and O–H groups in total. The number of aromatic nitrogens is 1. The Morgan fingerprint density at radius 3 is 2.75 bits per heavy atom. The van der Waals surface area contributed by atoms with Gasteiger partial charge in [-0.15, -0.1) is 0 Å². The van der Waals surface area contributed by atoms with E-state index in [1.807, 2.05) is 25.7 Å². The lowest BCUT2D eigenvalue weighted by atomic mass is 10.2. The van der Waals surface area contributed by atoms with Gasteiger partial charge < -0.3 is 19.4 Å². The van der Waals surface area contributed by atoms with Gasteiger partial charge in [-0.1, -0.05) is 0 Å². The van der Waals surface area contributed by atoms with E-state index in [2.05, 4.69) is 10.3 Å². The SMILES string of the molecule is CC(C)(C)OC(=O)N1CC2C(C1)C2NCc1cnco1. The molecule has 3 rings (SSSR count). The van der Waals surface area contributed by atoms with Crippen molar-refractivity contribution in [3.8, 4) is 0 Å². The second-order valence-electron chi connectivity index (χ2n) is 6.59. The Labute approximate surface area is 118 Å². The van der Waals surface area contributed by atoms with Crippen LogP contribution < -0.4 is 5.32 Å². The van der Waals surface area contributed by atoms with E-state index >= 15 is 0 Å². The first kappa shape index (κ1) is 13.4. The molecule has 1 aromatic heterocycles. The van der Waals surface area contributed by atoms with Gasteiger partial charge in [0.15, 0.2) is 6.39 Å². The van der Waals surface area contributed by atoms with Gasteiger partial charge >= 0.3 is 6.09 Å². The van der Waals surface area contributed by atoms with Crippen molar-refractivity contribution in [2.75, 3.05) is 13.1 Å². The minimum Gasteiger partial charge on any atom is -0.447 e. The average molecular weight is 279 g/mol. The van der Waals surface area contributed by atoms with Gasteiger partial charge in [0.05, 0.1) is 12.7 Å². The molecule has 1 amide bonds. The second kappa shape index (κ2) is 4.77. The van der Waals surface area contributed by atoms with Crippen molar-refractivity contribution < 1.29 is 13.9 Å². The van der Waals surface area contributed by atoms with Crippen LogP contribution in [-0.2, 0) is 11.3 Å². The number of hydrogen-bond acceptors (Lipinski definition) is 5. The van der Waals surface area contributed by atoms with E-state index in [1.54, 1.807) is 6.20 Å². The molecule has 1 saturated carbocycles. The molecule has 2 aliphatic rings. The zero-order chi connectivity index (χ0) is 14.3. The molecule has 1 aliphatic carbocycles. The first-order valence-corrected chi connectivity index (χ1v) is 7.03. The number of amides is 1. The van der Waals surface area contributed by atoms with Crippen molar-refractivity contribution in [2.24, 2.45) is 11.8 Å². The Morgan fingerprint density at radius 1 is 1.50 bits per heavy atom. The highest BCUT2D eigenvalue weighted by Crippen LogP contribution is 2.45. The minimum atomic E-state index is -0.423. The van der Waals surface area contributed by atoms with E-state index in [1.165, 1.54) is 6.39 Å². The molecule has 2 unspecified atom stereocenters. The van der Waals surface area contributed by atoms with Gasteiger partial charge in [-0.3, -0.25) is 0 Å². The normalized spacial score (nSPS) is 28.4. The molecule has 110 valence electrons. The number of ether oxygens (including phenoxy) is 1. The summed E-state index contributed by atoms with van der Waals surface area (Å²) in [6.45, 7) is 7.95. The molecular formula is C14H21N3O3. The number of carbonyl (C=O) groups excluding carboxylic acids is 1. The summed E-state index contributed by atoms with van der Waals surface area (Å²) in [5.74, 6) is 1.94. The maximum atomic E-state index is 11.9. The third-order valence-electron chi connectivity index (χ3n) is 3.84. The molecule has 1 aromatic rings. The van der Waals surface area contributed by atoms with Crippen molar-refractivity contribution in [1.82, 2.24) is 15.2 Å². The summed E-state index contributed by atoms with van der Waals surface area (Å²) in [5, 5.41) is 3.46. The van der Waals surface area contributed by atoms with Gasteiger partial charge in [-0.25, -0.2) is 9.78 Å². The first-order valence-electron chi connectivity index (χ1n) is 7.03. The van der Waals surface area contributed by atoms with Crippen LogP contribution in [0.5, 0.6) is 0 Å². The van der Waals surface area contributed by atoms with E-state index < -0.39 is 5.60 Å². The molecule has 6 heteroatoms. The van der Waals surface area contributed by atoms with E-state index in [0.29, 0.717) is 24.4 Å². The molecule has 20 heavy (non-hydrogen) atoms. The minimum absolute atomic E-state index is 0.196. The lowest BCUT2D eigenvalue weighted by Gasteiger charge is -2.26. The van der Waals surface area contributed by atoms with Crippen molar-refractivity contribution in [3.05, 3.63) is 18.4 Å². The fraction of sp³-hybridized carbons (Fsp3) is 0.714. The standard InChI is InChI=1S/C14H21N3O3/c1-14(2,3)20-13(18)17-6-10-11(7-17)12(10)16-5-9-4-15-8-19-9/h4,8,10-12,16H,5-7H2,1-3H3. The number of hydrogen-bond donors (Lipinski definition) is 1. The smallest absolute Gasteiger partial charge is 0.410 e. The molecule has 0 radical (unpaired) electrons. The Balaban J connectivity index is 1.43. The maximum absolute atomic E-state index is 11.9. The van der Waals surface area contributed by atoms with Gasteiger partial charge in [0, 0.05) is 19.1 Å². The molecule has 6 nitrogen and oxygen atoms in total. The Hall–Kier alpha value is -1.56. The number of oxazole rings is 1. The average Bonchev–Trinajstić information content (AvgIpc) is 2.78. The van der Waals surface area contributed by atoms with Gasteiger partial charge in [-0.05, 0) is 32.6 Å². The zero-order valence-corrected chi connectivity index (χ0v) is 12.1. The Bertz CT molecular complexity index is 468. The number of likely N-dealkylation sites (tertiary alicyclic amines) is 1. The van der Waals surface area contributed by atoms with Gasteiger partial charge in [-0.2, -0.15) is 0 Å². The maximum Gasteiger partial charge on any atom is 0.410 e. The number of rotatable bonds is 3.